The van der Waals surface area contributed by atoms with Gasteiger partial charge in [-0.15, -0.1) is 0 Å². The Kier molecular flexibility index (Phi) is 15.6. The lowest BCUT2D eigenvalue weighted by molar-refractivity contribution is -0.141. The molecule has 1 amide bonds. The van der Waals surface area contributed by atoms with Crippen LogP contribution in [0.25, 0.3) is 0 Å². The molecule has 0 aliphatic rings. The number of alkyl halides is 3. The number of hydrogen-bond donors (Lipinski definition) is 1. The van der Waals surface area contributed by atoms with Crippen LogP contribution in [0.1, 0.15) is 134 Å². The molecule has 1 N–H and O–H groups in total. The molecule has 0 fully saturated rings. The molecule has 0 bridgehead atoms. The van der Waals surface area contributed by atoms with E-state index in [4.69, 9.17) is 11.6 Å². The zero-order valence-corrected chi connectivity index (χ0v) is 22.2. The predicted molar refractivity (Wildman–Crippen MR) is 134 cm³/mol. The summed E-state index contributed by atoms with van der Waals surface area (Å²) in [5.74, 6) is -0.350. The maximum absolute atomic E-state index is 13.0. The Bertz CT molecular complexity index is 692. The molecule has 1 aromatic rings. The van der Waals surface area contributed by atoms with Crippen LogP contribution in [0.15, 0.2) is 0 Å². The maximum Gasteiger partial charge on any atom is 0.436 e. The first kappa shape index (κ1) is 30.8. The third kappa shape index (κ3) is 11.9. The quantitative estimate of drug-likeness (QED) is 0.190. The van der Waals surface area contributed by atoms with Crippen LogP contribution in [0.2, 0.25) is 5.02 Å². The van der Waals surface area contributed by atoms with E-state index in [1.807, 2.05) is 0 Å². The van der Waals surface area contributed by atoms with Crippen LogP contribution in [0.5, 0.6) is 0 Å². The van der Waals surface area contributed by atoms with Gasteiger partial charge in [-0.25, -0.2) is 0 Å². The zero-order valence-electron chi connectivity index (χ0n) is 21.4. The fourth-order valence-corrected chi connectivity index (χ4v) is 4.43. The summed E-state index contributed by atoms with van der Waals surface area (Å²) in [6.07, 6.45) is 15.9. The lowest BCUT2D eigenvalue weighted by Gasteiger charge is -2.14. The minimum Gasteiger partial charge on any atom is -0.354 e. The van der Waals surface area contributed by atoms with Gasteiger partial charge in [-0.2, -0.15) is 18.3 Å². The number of carbonyl (C=O) groups is 1. The van der Waals surface area contributed by atoms with Gasteiger partial charge in [0.1, 0.15) is 6.04 Å². The number of aromatic nitrogens is 2. The van der Waals surface area contributed by atoms with Gasteiger partial charge in [0, 0.05) is 6.54 Å². The van der Waals surface area contributed by atoms with E-state index in [1.54, 1.807) is 0 Å². The van der Waals surface area contributed by atoms with Crippen LogP contribution in [0.3, 0.4) is 0 Å². The molecule has 1 aromatic heterocycles. The van der Waals surface area contributed by atoms with E-state index < -0.39 is 22.9 Å². The largest absolute Gasteiger partial charge is 0.436 e. The fourth-order valence-electron chi connectivity index (χ4n) is 4.20. The van der Waals surface area contributed by atoms with E-state index in [2.05, 4.69) is 17.3 Å². The Morgan fingerprint density at radius 1 is 0.882 bits per heavy atom. The van der Waals surface area contributed by atoms with Gasteiger partial charge in [-0.1, -0.05) is 115 Å². The van der Waals surface area contributed by atoms with E-state index in [1.165, 1.54) is 97.3 Å². The second-order valence-corrected chi connectivity index (χ2v) is 9.84. The second-order valence-electron chi connectivity index (χ2n) is 9.46. The molecule has 8 heteroatoms. The monoisotopic (exact) mass is 507 g/mol. The van der Waals surface area contributed by atoms with Crippen LogP contribution >= 0.6 is 11.6 Å². The number of hydrogen-bond acceptors (Lipinski definition) is 2. The average molecular weight is 508 g/mol. The predicted octanol–water partition coefficient (Wildman–Crippen LogP) is 8.80. The van der Waals surface area contributed by atoms with Crippen molar-refractivity contribution in [2.24, 2.45) is 0 Å². The number of carbonyl (C=O) groups excluding carboxylic acids is 1. The Labute approximate surface area is 209 Å². The lowest BCUT2D eigenvalue weighted by Crippen LogP contribution is -2.32. The van der Waals surface area contributed by atoms with Crippen molar-refractivity contribution < 1.29 is 18.0 Å². The minimum absolute atomic E-state index is 0.138. The summed E-state index contributed by atoms with van der Waals surface area (Å²) in [7, 11) is 0. The Morgan fingerprint density at radius 2 is 1.29 bits per heavy atom. The fraction of sp³-hybridized carbons (Fsp3) is 0.846. The topological polar surface area (TPSA) is 46.9 Å². The normalized spacial score (nSPS) is 12.8. The molecule has 0 aromatic carbocycles. The highest BCUT2D eigenvalue weighted by Gasteiger charge is 2.39. The van der Waals surface area contributed by atoms with Crippen molar-refractivity contribution in [2.45, 2.75) is 136 Å². The van der Waals surface area contributed by atoms with Crippen LogP contribution in [0, 0.1) is 6.92 Å². The first-order valence-corrected chi connectivity index (χ1v) is 13.7. The first-order valence-electron chi connectivity index (χ1n) is 13.3. The van der Waals surface area contributed by atoms with E-state index in [0.29, 0.717) is 6.54 Å². The molecule has 0 aliphatic carbocycles. The summed E-state index contributed by atoms with van der Waals surface area (Å²) in [5.41, 5.74) is -1.01. The summed E-state index contributed by atoms with van der Waals surface area (Å²) in [5, 5.41) is 5.88. The zero-order chi connectivity index (χ0) is 25.4. The van der Waals surface area contributed by atoms with Gasteiger partial charge in [-0.05, 0) is 20.3 Å². The van der Waals surface area contributed by atoms with E-state index in [9.17, 15) is 18.0 Å². The van der Waals surface area contributed by atoms with Crippen molar-refractivity contribution in [3.63, 3.8) is 0 Å². The standard InChI is InChI=1S/C26H45ClF3N3O/c1-4-5-6-7-8-9-10-11-12-13-14-15-16-17-18-19-20-31-25(34)22(3)33-21(2)23(27)24(32-33)26(28,29)30/h22H,4-20H2,1-3H3,(H,31,34). The van der Waals surface area contributed by atoms with Crippen LogP contribution in [-0.2, 0) is 11.0 Å². The van der Waals surface area contributed by atoms with E-state index in [0.717, 1.165) is 23.9 Å². The van der Waals surface area contributed by atoms with Crippen molar-refractivity contribution in [3.8, 4) is 0 Å². The number of unbranched alkanes of at least 4 members (excludes halogenated alkanes) is 15. The summed E-state index contributed by atoms with van der Waals surface area (Å²) in [4.78, 5) is 12.3. The van der Waals surface area contributed by atoms with Crippen molar-refractivity contribution in [2.75, 3.05) is 6.54 Å². The van der Waals surface area contributed by atoms with Gasteiger partial charge < -0.3 is 5.32 Å². The van der Waals surface area contributed by atoms with E-state index in [-0.39, 0.29) is 11.6 Å². The third-order valence-electron chi connectivity index (χ3n) is 6.42. The second kappa shape index (κ2) is 17.2. The Hall–Kier alpha value is -1.24. The SMILES string of the molecule is CCCCCCCCCCCCCCCCCCNC(=O)C(C)n1nc(C(F)(F)F)c(Cl)c1C. The molecule has 1 rings (SSSR count). The highest BCUT2D eigenvalue weighted by atomic mass is 35.5. The molecular formula is C26H45ClF3N3O. The molecule has 0 saturated carbocycles. The van der Waals surface area contributed by atoms with Crippen molar-refractivity contribution in [3.05, 3.63) is 16.4 Å². The Morgan fingerprint density at radius 3 is 1.68 bits per heavy atom. The lowest BCUT2D eigenvalue weighted by atomic mass is 10.0. The molecule has 1 atom stereocenters. The van der Waals surface area contributed by atoms with Gasteiger partial charge in [0.25, 0.3) is 0 Å². The first-order chi connectivity index (χ1) is 16.2. The molecule has 0 spiro atoms. The molecule has 1 heterocycles. The van der Waals surface area contributed by atoms with Gasteiger partial charge in [0.2, 0.25) is 5.91 Å². The van der Waals surface area contributed by atoms with Gasteiger partial charge in [0.15, 0.2) is 5.69 Å². The summed E-state index contributed by atoms with van der Waals surface area (Å²) in [6.45, 7) is 5.73. The molecule has 198 valence electrons. The Balaban J connectivity index is 2.03. The van der Waals surface area contributed by atoms with Crippen LogP contribution in [0.4, 0.5) is 13.2 Å². The maximum atomic E-state index is 13.0. The molecule has 0 saturated heterocycles. The molecule has 34 heavy (non-hydrogen) atoms. The van der Waals surface area contributed by atoms with Gasteiger partial charge in [-0.3, -0.25) is 9.48 Å². The smallest absolute Gasteiger partial charge is 0.354 e. The number of nitrogens with zero attached hydrogens (tertiary/aromatic N) is 2. The number of amides is 1. The average Bonchev–Trinajstić information content (AvgIpc) is 3.10. The van der Waals surface area contributed by atoms with Gasteiger partial charge >= 0.3 is 6.18 Å². The summed E-state index contributed by atoms with van der Waals surface area (Å²) in [6, 6.07) is -0.852. The number of rotatable bonds is 19. The van der Waals surface area contributed by atoms with Crippen molar-refractivity contribution >= 4 is 17.5 Å². The third-order valence-corrected chi connectivity index (χ3v) is 6.87. The van der Waals surface area contributed by atoms with Gasteiger partial charge in [0.05, 0.1) is 10.7 Å². The van der Waals surface area contributed by atoms with Crippen molar-refractivity contribution in [1.82, 2.24) is 15.1 Å². The summed E-state index contributed by atoms with van der Waals surface area (Å²) < 4.78 is 40.0. The highest BCUT2D eigenvalue weighted by molar-refractivity contribution is 6.32. The minimum atomic E-state index is -4.64. The molecule has 4 nitrogen and oxygen atoms in total. The number of halogens is 4. The van der Waals surface area contributed by atoms with Crippen LogP contribution in [-0.4, -0.2) is 22.2 Å². The summed E-state index contributed by atoms with van der Waals surface area (Å²) >= 11 is 5.77. The molecule has 1 unspecified atom stereocenters. The molecule has 0 aliphatic heterocycles. The highest BCUT2D eigenvalue weighted by Crippen LogP contribution is 2.36. The molecular weight excluding hydrogens is 463 g/mol. The molecule has 0 radical (unpaired) electrons. The number of nitrogens with one attached hydrogen (secondary N) is 1. The van der Waals surface area contributed by atoms with Crippen molar-refractivity contribution in [1.29, 1.82) is 0 Å². The van der Waals surface area contributed by atoms with E-state index >= 15 is 0 Å². The van der Waals surface area contributed by atoms with Crippen LogP contribution < -0.4 is 5.32 Å².